The number of nitrogens with zero attached hydrogens (tertiary/aromatic N) is 6. The summed E-state index contributed by atoms with van der Waals surface area (Å²) in [5, 5.41) is 19.9. The Hall–Kier alpha value is -7.02. The predicted octanol–water partition coefficient (Wildman–Crippen LogP) is 10.2. The molecule has 6 nitrogen and oxygen atoms in total. The molecule has 0 amide bonds. The van der Waals surface area contributed by atoms with Crippen LogP contribution in [0, 0.1) is 35.8 Å². The number of allylic oxidation sites excluding steroid dienone is 2. The largest absolute Gasteiger partial charge is 0.416 e. The van der Waals surface area contributed by atoms with Crippen molar-refractivity contribution in [3.05, 3.63) is 153 Å². The van der Waals surface area contributed by atoms with Gasteiger partial charge in [-0.3, -0.25) is 0 Å². The smallest absolute Gasteiger partial charge is 0.245 e. The van der Waals surface area contributed by atoms with Gasteiger partial charge in [0, 0.05) is 22.3 Å². The second-order valence-corrected chi connectivity index (χ2v) is 11.2. The van der Waals surface area contributed by atoms with Crippen LogP contribution in [0.25, 0.3) is 65.6 Å². The number of aromatic nitrogens is 2. The molecule has 1 heterocycles. The first-order valence-corrected chi connectivity index (χ1v) is 14.5. The highest BCUT2D eigenvalue weighted by Gasteiger charge is 2.37. The monoisotopic (exact) mass is 668 g/mol. The van der Waals surface area contributed by atoms with E-state index in [2.05, 4.69) is 9.69 Å². The van der Waals surface area contributed by atoms with Crippen molar-refractivity contribution in [1.29, 1.82) is 10.5 Å². The minimum atomic E-state index is -4.52. The lowest BCUT2D eigenvalue weighted by molar-refractivity contribution is -0.138. The molecule has 0 fully saturated rings. The molecule has 2 aliphatic carbocycles. The highest BCUT2D eigenvalue weighted by Crippen LogP contribution is 2.51. The summed E-state index contributed by atoms with van der Waals surface area (Å²) in [5.41, 5.74) is 2.67. The fourth-order valence-corrected chi connectivity index (χ4v) is 6.15. The third kappa shape index (κ3) is 4.95. The molecule has 238 valence electrons. The molecule has 4 aromatic carbocycles. The fraction of sp³-hybridized carbons (Fsp3) is 0.0526. The molecule has 0 unspecified atom stereocenters. The summed E-state index contributed by atoms with van der Waals surface area (Å²) < 4.78 is 79.2. The maximum Gasteiger partial charge on any atom is 0.416 e. The number of rotatable bonds is 2. The first-order chi connectivity index (χ1) is 23.9. The van der Waals surface area contributed by atoms with Crippen molar-refractivity contribution in [3.63, 3.8) is 0 Å². The van der Waals surface area contributed by atoms with E-state index in [4.69, 9.17) is 23.1 Å². The second-order valence-electron chi connectivity index (χ2n) is 11.2. The van der Waals surface area contributed by atoms with Crippen LogP contribution in [0.2, 0.25) is 0 Å². The summed E-state index contributed by atoms with van der Waals surface area (Å²) in [4.78, 5) is 16.6. The summed E-state index contributed by atoms with van der Waals surface area (Å²) in [6, 6.07) is 22.8. The lowest BCUT2D eigenvalue weighted by atomic mass is 9.96. The van der Waals surface area contributed by atoms with Gasteiger partial charge >= 0.3 is 12.4 Å². The maximum atomic E-state index is 13.2. The molecule has 0 N–H and O–H groups in total. The third-order valence-corrected chi connectivity index (χ3v) is 8.46. The Morgan fingerprint density at radius 1 is 0.500 bits per heavy atom. The van der Waals surface area contributed by atoms with E-state index in [1.54, 1.807) is 36.4 Å². The Balaban J connectivity index is 1.43. The van der Waals surface area contributed by atoms with Gasteiger partial charge in [0.1, 0.15) is 0 Å². The summed E-state index contributed by atoms with van der Waals surface area (Å²) in [6.45, 7) is 15.4. The van der Waals surface area contributed by atoms with Gasteiger partial charge in [-0.25, -0.2) is 30.2 Å². The highest BCUT2D eigenvalue weighted by atomic mass is 19.4. The maximum absolute atomic E-state index is 13.2. The summed E-state index contributed by atoms with van der Waals surface area (Å²) in [6.07, 6.45) is -9.04. The van der Waals surface area contributed by atoms with Crippen molar-refractivity contribution in [2.75, 3.05) is 0 Å². The van der Waals surface area contributed by atoms with Crippen LogP contribution in [0.5, 0.6) is 0 Å². The number of fused-ring (bicyclic) bond motifs is 6. The fourth-order valence-electron chi connectivity index (χ4n) is 6.15. The van der Waals surface area contributed by atoms with Crippen LogP contribution >= 0.6 is 0 Å². The predicted molar refractivity (Wildman–Crippen MR) is 170 cm³/mol. The number of halogens is 6. The van der Waals surface area contributed by atoms with Crippen LogP contribution < -0.4 is 0 Å². The molecule has 0 saturated heterocycles. The molecule has 0 radical (unpaired) electrons. The zero-order chi connectivity index (χ0) is 35.5. The highest BCUT2D eigenvalue weighted by molar-refractivity contribution is 6.07. The van der Waals surface area contributed by atoms with Gasteiger partial charge < -0.3 is 0 Å². The van der Waals surface area contributed by atoms with Crippen molar-refractivity contribution >= 4 is 11.1 Å². The number of nitriles is 2. The van der Waals surface area contributed by atoms with Crippen LogP contribution in [-0.2, 0) is 12.4 Å². The zero-order valence-corrected chi connectivity index (χ0v) is 25.0. The molecule has 12 heteroatoms. The van der Waals surface area contributed by atoms with Crippen LogP contribution in [0.4, 0.5) is 26.3 Å². The SMILES string of the molecule is [C-]#[N+]/C(C#N)=C1/c2cc(-c3ccc(C(F)(F)F)cc3)ccc2-c2nc3c(nc21)-c1cc(-c2ccc(C(F)(F)F)cc2)ccc1/C3=C(/C#N)[N+]#[C-]. The van der Waals surface area contributed by atoms with Gasteiger partial charge in [0.05, 0.1) is 59.2 Å². The molecule has 2 aliphatic rings. The van der Waals surface area contributed by atoms with Gasteiger partial charge in [0.15, 0.2) is 0 Å². The van der Waals surface area contributed by atoms with E-state index in [1.165, 1.54) is 24.3 Å². The van der Waals surface area contributed by atoms with E-state index >= 15 is 0 Å². The molecule has 50 heavy (non-hydrogen) atoms. The Morgan fingerprint density at radius 3 is 1.30 bits per heavy atom. The average Bonchev–Trinajstić information content (AvgIpc) is 3.59. The number of alkyl halides is 6. The van der Waals surface area contributed by atoms with Crippen molar-refractivity contribution in [2.24, 2.45) is 0 Å². The molecular weight excluding hydrogens is 654 g/mol. The summed E-state index contributed by atoms with van der Waals surface area (Å²) in [5.74, 6) is 0. The molecule has 0 spiro atoms. The number of hydrogen-bond donors (Lipinski definition) is 0. The van der Waals surface area contributed by atoms with Gasteiger partial charge in [0.25, 0.3) is 11.4 Å². The van der Waals surface area contributed by atoms with Gasteiger partial charge in [-0.1, -0.05) is 48.5 Å². The Morgan fingerprint density at radius 2 is 0.880 bits per heavy atom. The second kappa shape index (κ2) is 11.3. The number of benzene rings is 4. The topological polar surface area (TPSA) is 82.1 Å². The molecule has 5 aromatic rings. The standard InChI is InChI=1S/C38H14F6N6/c1-47-29(17-45)31-25-13-7-22(20-5-11-24(12-6-20)38(42,43)44)16-28(25)34-35(31)49-33-26-14-8-21(19-3-9-23(10-4-19)37(39,40)41)15-27(26)32(36(33)50-34)30(18-46)48-2/h3-16H/b31-29+,32-30-. The molecule has 7 rings (SSSR count). The lowest BCUT2D eigenvalue weighted by Gasteiger charge is -2.10. The Kier molecular flexibility index (Phi) is 7.14. The Bertz CT molecular complexity index is 2500. The van der Waals surface area contributed by atoms with Crippen LogP contribution in [0.15, 0.2) is 96.3 Å². The van der Waals surface area contributed by atoms with Crippen molar-refractivity contribution in [1.82, 2.24) is 9.97 Å². The van der Waals surface area contributed by atoms with Crippen LogP contribution in [-0.4, -0.2) is 9.97 Å². The summed E-state index contributed by atoms with van der Waals surface area (Å²) in [7, 11) is 0. The van der Waals surface area contributed by atoms with E-state index in [9.17, 15) is 36.9 Å². The molecule has 0 saturated carbocycles. The van der Waals surface area contributed by atoms with Crippen LogP contribution in [0.1, 0.15) is 33.6 Å². The zero-order valence-electron chi connectivity index (χ0n) is 25.0. The first-order valence-electron chi connectivity index (χ1n) is 14.5. The Labute approximate surface area is 279 Å². The molecule has 0 bridgehead atoms. The molecular formula is C38H14F6N6. The van der Waals surface area contributed by atoms with E-state index in [-0.39, 0.29) is 45.3 Å². The molecule has 0 atom stereocenters. The quantitative estimate of drug-likeness (QED) is 0.104. The normalized spacial score (nSPS) is 14.6. The van der Waals surface area contributed by atoms with E-state index < -0.39 is 23.5 Å². The number of hydrogen-bond acceptors (Lipinski definition) is 4. The molecule has 1 aromatic heterocycles. The minimum absolute atomic E-state index is 0.153. The van der Waals surface area contributed by atoms with Gasteiger partial charge in [0.2, 0.25) is 0 Å². The van der Waals surface area contributed by atoms with Gasteiger partial charge in [-0.05, 0) is 69.8 Å². The summed E-state index contributed by atoms with van der Waals surface area (Å²) >= 11 is 0. The minimum Gasteiger partial charge on any atom is -0.245 e. The molecule has 0 aliphatic heterocycles. The average molecular weight is 669 g/mol. The first kappa shape index (κ1) is 31.6. The third-order valence-electron chi connectivity index (χ3n) is 8.46. The van der Waals surface area contributed by atoms with Crippen LogP contribution in [0.3, 0.4) is 0 Å². The van der Waals surface area contributed by atoms with Gasteiger partial charge in [-0.15, -0.1) is 0 Å². The van der Waals surface area contributed by atoms with E-state index in [1.807, 2.05) is 12.1 Å². The van der Waals surface area contributed by atoms with Crippen molar-refractivity contribution < 1.29 is 26.3 Å². The van der Waals surface area contributed by atoms with E-state index in [0.29, 0.717) is 44.5 Å². The van der Waals surface area contributed by atoms with E-state index in [0.717, 1.165) is 24.3 Å². The van der Waals surface area contributed by atoms with Crippen molar-refractivity contribution in [3.8, 4) is 56.9 Å². The lowest BCUT2D eigenvalue weighted by Crippen LogP contribution is -2.04. The van der Waals surface area contributed by atoms with Crippen molar-refractivity contribution in [2.45, 2.75) is 12.4 Å². The van der Waals surface area contributed by atoms with Gasteiger partial charge in [-0.2, -0.15) is 26.3 Å².